The van der Waals surface area contributed by atoms with E-state index in [0.29, 0.717) is 5.15 Å². The molecule has 5 heteroatoms. The molecule has 3 nitrogen and oxygen atoms in total. The van der Waals surface area contributed by atoms with Gasteiger partial charge >= 0.3 is 0 Å². The van der Waals surface area contributed by atoms with Gasteiger partial charge in [-0.1, -0.05) is 17.7 Å². The molecule has 0 saturated heterocycles. The zero-order chi connectivity index (χ0) is 12.0. The first kappa shape index (κ1) is 13.8. The Morgan fingerprint density at radius 2 is 2.31 bits per heavy atom. The van der Waals surface area contributed by atoms with E-state index >= 15 is 0 Å². The largest absolute Gasteiger partial charge is 0.395 e. The molecule has 0 aliphatic heterocycles. The van der Waals surface area contributed by atoms with Gasteiger partial charge in [0.1, 0.15) is 5.15 Å². The summed E-state index contributed by atoms with van der Waals surface area (Å²) in [6.45, 7) is 3.00. The van der Waals surface area contributed by atoms with Gasteiger partial charge in [-0.2, -0.15) is 11.8 Å². The van der Waals surface area contributed by atoms with Gasteiger partial charge in [-0.15, -0.1) is 0 Å². The Balaban J connectivity index is 2.42. The number of aromatic nitrogens is 1. The van der Waals surface area contributed by atoms with Gasteiger partial charge in [0.15, 0.2) is 0 Å². The zero-order valence-electron chi connectivity index (χ0n) is 9.48. The molecule has 2 N–H and O–H groups in total. The molecule has 2 atom stereocenters. The van der Waals surface area contributed by atoms with Crippen molar-refractivity contribution in [2.45, 2.75) is 24.8 Å². The molecule has 0 aliphatic carbocycles. The number of thioether (sulfide) groups is 1. The van der Waals surface area contributed by atoms with Crippen molar-refractivity contribution in [3.8, 4) is 0 Å². The fourth-order valence-corrected chi connectivity index (χ4v) is 2.12. The van der Waals surface area contributed by atoms with Crippen LogP contribution in [0.25, 0.3) is 0 Å². The summed E-state index contributed by atoms with van der Waals surface area (Å²) in [5.41, 5.74) is 1.09. The quantitative estimate of drug-likeness (QED) is 0.768. The fourth-order valence-electron chi connectivity index (χ4n) is 1.36. The van der Waals surface area contributed by atoms with Gasteiger partial charge in [0, 0.05) is 24.0 Å². The molecule has 90 valence electrons. The number of aliphatic hydroxyl groups excluding tert-OH is 1. The standard InChI is InChI=1S/C11H17ClN2OS/c1-8(10(7-15)16-2)13-5-9-3-4-11(12)14-6-9/h3-4,6,8,10,13,15H,5,7H2,1-2H3. The number of nitrogens with one attached hydrogen (secondary N) is 1. The van der Waals surface area contributed by atoms with E-state index in [4.69, 9.17) is 16.7 Å². The monoisotopic (exact) mass is 260 g/mol. The van der Waals surface area contributed by atoms with Crippen molar-refractivity contribution in [2.75, 3.05) is 12.9 Å². The molecule has 1 rings (SSSR count). The van der Waals surface area contributed by atoms with Crippen molar-refractivity contribution in [3.63, 3.8) is 0 Å². The summed E-state index contributed by atoms with van der Waals surface area (Å²) >= 11 is 7.37. The van der Waals surface area contributed by atoms with Crippen LogP contribution in [0.15, 0.2) is 18.3 Å². The van der Waals surface area contributed by atoms with Crippen LogP contribution in [0.1, 0.15) is 12.5 Å². The molecule has 0 radical (unpaired) electrons. The summed E-state index contributed by atoms with van der Waals surface area (Å²) in [6, 6.07) is 3.99. The third-order valence-electron chi connectivity index (χ3n) is 2.46. The minimum absolute atomic E-state index is 0.189. The van der Waals surface area contributed by atoms with Crippen LogP contribution in [0.3, 0.4) is 0 Å². The third kappa shape index (κ3) is 4.29. The number of hydrogen-bond donors (Lipinski definition) is 2. The number of pyridine rings is 1. The van der Waals surface area contributed by atoms with Crippen molar-refractivity contribution in [1.29, 1.82) is 0 Å². The molecule has 0 saturated carbocycles. The Morgan fingerprint density at radius 1 is 1.56 bits per heavy atom. The number of nitrogens with zero attached hydrogens (tertiary/aromatic N) is 1. The molecule has 1 aromatic rings. The molecule has 0 amide bonds. The highest BCUT2D eigenvalue weighted by Gasteiger charge is 2.14. The van der Waals surface area contributed by atoms with E-state index in [1.54, 1.807) is 24.0 Å². The molecule has 2 unspecified atom stereocenters. The smallest absolute Gasteiger partial charge is 0.129 e. The number of hydrogen-bond acceptors (Lipinski definition) is 4. The lowest BCUT2D eigenvalue weighted by atomic mass is 10.2. The van der Waals surface area contributed by atoms with Gasteiger partial charge in [-0.25, -0.2) is 4.98 Å². The van der Waals surface area contributed by atoms with Crippen molar-refractivity contribution >= 4 is 23.4 Å². The number of halogens is 1. The molecule has 16 heavy (non-hydrogen) atoms. The van der Waals surface area contributed by atoms with E-state index in [2.05, 4.69) is 17.2 Å². The maximum Gasteiger partial charge on any atom is 0.129 e. The van der Waals surface area contributed by atoms with Gasteiger partial charge in [0.25, 0.3) is 0 Å². The van der Waals surface area contributed by atoms with Crippen LogP contribution in [0.2, 0.25) is 5.15 Å². The normalized spacial score (nSPS) is 14.8. The van der Waals surface area contributed by atoms with Crippen LogP contribution >= 0.6 is 23.4 Å². The zero-order valence-corrected chi connectivity index (χ0v) is 11.1. The van der Waals surface area contributed by atoms with E-state index in [-0.39, 0.29) is 17.9 Å². The minimum atomic E-state index is 0.189. The Kier molecular flexibility index (Phi) is 6.13. The highest BCUT2D eigenvalue weighted by Crippen LogP contribution is 2.11. The van der Waals surface area contributed by atoms with E-state index in [1.807, 2.05) is 12.3 Å². The van der Waals surface area contributed by atoms with Gasteiger partial charge in [0.05, 0.1) is 6.61 Å². The van der Waals surface area contributed by atoms with Crippen molar-refractivity contribution in [1.82, 2.24) is 10.3 Å². The molecule has 0 aliphatic rings. The number of aliphatic hydroxyl groups is 1. The van der Waals surface area contributed by atoms with Crippen LogP contribution in [0.5, 0.6) is 0 Å². The Morgan fingerprint density at radius 3 is 2.81 bits per heavy atom. The third-order valence-corrected chi connectivity index (χ3v) is 3.84. The Bertz CT molecular complexity index is 303. The van der Waals surface area contributed by atoms with E-state index < -0.39 is 0 Å². The van der Waals surface area contributed by atoms with Crippen LogP contribution < -0.4 is 5.32 Å². The summed E-state index contributed by atoms with van der Waals surface area (Å²) in [6.07, 6.45) is 3.76. The minimum Gasteiger partial charge on any atom is -0.395 e. The first-order valence-electron chi connectivity index (χ1n) is 5.15. The molecule has 0 bridgehead atoms. The summed E-state index contributed by atoms with van der Waals surface area (Å²) in [5, 5.41) is 13.2. The van der Waals surface area contributed by atoms with E-state index in [0.717, 1.165) is 12.1 Å². The van der Waals surface area contributed by atoms with E-state index in [1.165, 1.54) is 0 Å². The average Bonchev–Trinajstić information content (AvgIpc) is 2.30. The van der Waals surface area contributed by atoms with Gasteiger partial charge in [-0.05, 0) is 24.8 Å². The fraction of sp³-hybridized carbons (Fsp3) is 0.545. The lowest BCUT2D eigenvalue weighted by molar-refractivity contribution is 0.276. The summed E-state index contributed by atoms with van der Waals surface area (Å²) in [5.74, 6) is 0. The van der Waals surface area contributed by atoms with Crippen molar-refractivity contribution in [2.24, 2.45) is 0 Å². The topological polar surface area (TPSA) is 45.1 Å². The Hall–Kier alpha value is -0.290. The van der Waals surface area contributed by atoms with Crippen LogP contribution in [0.4, 0.5) is 0 Å². The van der Waals surface area contributed by atoms with Gasteiger partial charge < -0.3 is 10.4 Å². The maximum atomic E-state index is 9.14. The second-order valence-electron chi connectivity index (χ2n) is 3.62. The maximum absolute atomic E-state index is 9.14. The van der Waals surface area contributed by atoms with E-state index in [9.17, 15) is 0 Å². The highest BCUT2D eigenvalue weighted by molar-refractivity contribution is 7.99. The van der Waals surface area contributed by atoms with Crippen LogP contribution in [0, 0.1) is 0 Å². The molecule has 0 aromatic carbocycles. The summed E-state index contributed by atoms with van der Waals surface area (Å²) in [4.78, 5) is 4.01. The first-order valence-corrected chi connectivity index (χ1v) is 6.81. The number of rotatable bonds is 6. The summed E-state index contributed by atoms with van der Waals surface area (Å²) in [7, 11) is 0. The molecule has 0 spiro atoms. The SMILES string of the molecule is CSC(CO)C(C)NCc1ccc(Cl)nc1. The lowest BCUT2D eigenvalue weighted by Gasteiger charge is -2.21. The van der Waals surface area contributed by atoms with Gasteiger partial charge in [-0.3, -0.25) is 0 Å². The lowest BCUT2D eigenvalue weighted by Crippen LogP contribution is -2.37. The average molecular weight is 261 g/mol. The van der Waals surface area contributed by atoms with Crippen molar-refractivity contribution in [3.05, 3.63) is 29.0 Å². The molecule has 1 heterocycles. The molecular weight excluding hydrogens is 244 g/mol. The summed E-state index contributed by atoms with van der Waals surface area (Å²) < 4.78 is 0. The van der Waals surface area contributed by atoms with Crippen LogP contribution in [-0.2, 0) is 6.54 Å². The molecule has 1 aromatic heterocycles. The van der Waals surface area contributed by atoms with Crippen molar-refractivity contribution < 1.29 is 5.11 Å². The second-order valence-corrected chi connectivity index (χ2v) is 5.08. The predicted octanol–water partition coefficient (Wildman–Crippen LogP) is 1.94. The second kappa shape index (κ2) is 7.12. The Labute approximate surface area is 106 Å². The van der Waals surface area contributed by atoms with Gasteiger partial charge in [0.2, 0.25) is 0 Å². The molecule has 0 fully saturated rings. The molecular formula is C11H17ClN2OS. The van der Waals surface area contributed by atoms with Crippen LogP contribution in [-0.4, -0.2) is 34.2 Å². The highest BCUT2D eigenvalue weighted by atomic mass is 35.5. The first-order chi connectivity index (χ1) is 7.67. The predicted molar refractivity (Wildman–Crippen MR) is 69.9 cm³/mol.